The van der Waals surface area contributed by atoms with Gasteiger partial charge in [-0.3, -0.25) is 4.79 Å². The Morgan fingerprint density at radius 3 is 2.97 bits per heavy atom. The fourth-order valence-electron chi connectivity index (χ4n) is 3.54. The first kappa shape index (κ1) is 22.9. The number of aryl methyl sites for hydroxylation is 1. The van der Waals surface area contributed by atoms with Crippen LogP contribution < -0.4 is 20.6 Å². The third kappa shape index (κ3) is 5.40. The molecule has 0 atom stereocenters. The normalized spacial score (nSPS) is 12.6. The van der Waals surface area contributed by atoms with Crippen LogP contribution in [0.15, 0.2) is 29.4 Å². The fraction of sp³-hybridized carbons (Fsp3) is 0.364. The average molecular weight is 485 g/mol. The third-order valence-corrected chi connectivity index (χ3v) is 7.39. The maximum Gasteiger partial charge on any atom is 0.225 e. The predicted octanol–water partition coefficient (Wildman–Crippen LogP) is 3.51. The Kier molecular flexibility index (Phi) is 7.36. The lowest BCUT2D eigenvalue weighted by molar-refractivity contribution is -0.115. The van der Waals surface area contributed by atoms with Crippen molar-refractivity contribution in [2.24, 2.45) is 0 Å². The number of thiophene rings is 1. The van der Waals surface area contributed by atoms with Gasteiger partial charge in [0.2, 0.25) is 11.1 Å². The molecule has 0 fully saturated rings. The Bertz CT molecular complexity index is 1180. The molecule has 11 heteroatoms. The molecule has 1 amide bonds. The van der Waals surface area contributed by atoms with Crippen molar-refractivity contribution >= 4 is 34.0 Å². The van der Waals surface area contributed by atoms with Gasteiger partial charge in [0.15, 0.2) is 5.82 Å². The number of nitrogens with one attached hydrogen (secondary N) is 1. The van der Waals surface area contributed by atoms with Crippen LogP contribution in [-0.2, 0) is 24.2 Å². The number of ether oxygens (including phenoxy) is 2. The van der Waals surface area contributed by atoms with Gasteiger partial charge in [-0.15, -0.1) is 21.5 Å². The molecule has 0 aliphatic heterocycles. The number of amides is 1. The maximum absolute atomic E-state index is 12.5. The number of nitrogens with zero attached hydrogens (tertiary/aromatic N) is 4. The molecule has 3 aromatic rings. The highest BCUT2D eigenvalue weighted by molar-refractivity contribution is 7.99. The highest BCUT2D eigenvalue weighted by atomic mass is 32.2. The number of hydrogen-bond donors (Lipinski definition) is 2. The van der Waals surface area contributed by atoms with Crippen molar-refractivity contribution in [3.8, 4) is 17.6 Å². The van der Waals surface area contributed by atoms with Gasteiger partial charge >= 0.3 is 0 Å². The van der Waals surface area contributed by atoms with E-state index in [1.54, 1.807) is 13.2 Å². The molecule has 1 aliphatic carbocycles. The van der Waals surface area contributed by atoms with Crippen LogP contribution >= 0.6 is 23.1 Å². The first-order chi connectivity index (χ1) is 16.1. The minimum atomic E-state index is -0.137. The number of methoxy groups -OCH3 is 1. The van der Waals surface area contributed by atoms with E-state index in [9.17, 15) is 10.1 Å². The Morgan fingerprint density at radius 2 is 2.15 bits per heavy atom. The monoisotopic (exact) mass is 484 g/mol. The number of hydrogen-bond acceptors (Lipinski definition) is 9. The van der Waals surface area contributed by atoms with Crippen molar-refractivity contribution in [3.05, 3.63) is 46.1 Å². The molecule has 0 unspecified atom stereocenters. The molecule has 3 N–H and O–H groups in total. The molecule has 1 aliphatic rings. The molecule has 1 aromatic carbocycles. The second-order valence-electron chi connectivity index (χ2n) is 7.41. The molecule has 9 nitrogen and oxygen atoms in total. The van der Waals surface area contributed by atoms with Crippen LogP contribution in [0.3, 0.4) is 0 Å². The van der Waals surface area contributed by atoms with Crippen molar-refractivity contribution in [1.82, 2.24) is 14.9 Å². The van der Waals surface area contributed by atoms with Crippen LogP contribution in [0.4, 0.5) is 5.00 Å². The first-order valence-corrected chi connectivity index (χ1v) is 12.3. The summed E-state index contributed by atoms with van der Waals surface area (Å²) in [6, 6.07) is 9.51. The summed E-state index contributed by atoms with van der Waals surface area (Å²) in [4.78, 5) is 13.7. The van der Waals surface area contributed by atoms with Crippen molar-refractivity contribution in [1.29, 1.82) is 5.26 Å². The lowest BCUT2D eigenvalue weighted by Crippen LogP contribution is -2.16. The standard InChI is InChI=1S/C22H24N6O3S2/c1-30-14-5-4-6-15(11-14)31-13-19-26-27-22(28(19)24)32-10-9-20(29)25-21-17(12-23)16-7-2-3-8-18(16)33-21/h4-6,11H,2-3,7-10,13,24H2,1H3,(H,25,29). The summed E-state index contributed by atoms with van der Waals surface area (Å²) in [5.41, 5.74) is 1.73. The number of nitrogen functional groups attached to an aromatic ring is 1. The van der Waals surface area contributed by atoms with Gasteiger partial charge in [0, 0.05) is 23.1 Å². The number of thioether (sulfide) groups is 1. The minimum absolute atomic E-state index is 0.137. The summed E-state index contributed by atoms with van der Waals surface area (Å²) in [5.74, 6) is 8.22. The van der Waals surface area contributed by atoms with Gasteiger partial charge in [-0.1, -0.05) is 17.8 Å². The zero-order chi connectivity index (χ0) is 23.2. The van der Waals surface area contributed by atoms with E-state index in [0.717, 1.165) is 31.2 Å². The summed E-state index contributed by atoms with van der Waals surface area (Å²) in [6.07, 6.45) is 4.39. The zero-order valence-corrected chi connectivity index (χ0v) is 19.8. The maximum atomic E-state index is 12.5. The Morgan fingerprint density at radius 1 is 1.33 bits per heavy atom. The highest BCUT2D eigenvalue weighted by Crippen LogP contribution is 2.37. The van der Waals surface area contributed by atoms with E-state index in [1.165, 1.54) is 32.7 Å². The van der Waals surface area contributed by atoms with E-state index >= 15 is 0 Å². The quantitative estimate of drug-likeness (QED) is 0.349. The molecule has 0 saturated heterocycles. The van der Waals surface area contributed by atoms with Gasteiger partial charge in [0.05, 0.1) is 12.7 Å². The number of anilines is 1. The average Bonchev–Trinajstić information content (AvgIpc) is 3.37. The summed E-state index contributed by atoms with van der Waals surface area (Å²) < 4.78 is 12.3. The lowest BCUT2D eigenvalue weighted by Gasteiger charge is -2.09. The number of nitrogens with two attached hydrogens (primary N) is 1. The van der Waals surface area contributed by atoms with Gasteiger partial charge in [0.25, 0.3) is 0 Å². The molecule has 2 aromatic heterocycles. The molecular weight excluding hydrogens is 460 g/mol. The number of carbonyl (C=O) groups excluding carboxylic acids is 1. The second kappa shape index (κ2) is 10.6. The van der Waals surface area contributed by atoms with Gasteiger partial charge in [-0.05, 0) is 43.4 Å². The van der Waals surface area contributed by atoms with Crippen molar-refractivity contribution in [2.75, 3.05) is 24.0 Å². The molecule has 0 radical (unpaired) electrons. The Balaban J connectivity index is 1.28. The van der Waals surface area contributed by atoms with Crippen LogP contribution in [0.5, 0.6) is 11.5 Å². The first-order valence-electron chi connectivity index (χ1n) is 10.5. The molecule has 0 spiro atoms. The largest absolute Gasteiger partial charge is 0.497 e. The lowest BCUT2D eigenvalue weighted by atomic mass is 9.96. The van der Waals surface area contributed by atoms with E-state index in [2.05, 4.69) is 21.6 Å². The topological polar surface area (TPSA) is 128 Å². The number of benzene rings is 1. The van der Waals surface area contributed by atoms with E-state index in [4.69, 9.17) is 15.3 Å². The van der Waals surface area contributed by atoms with Crippen LogP contribution in [0.25, 0.3) is 0 Å². The number of aromatic nitrogens is 3. The van der Waals surface area contributed by atoms with Crippen molar-refractivity contribution < 1.29 is 14.3 Å². The zero-order valence-electron chi connectivity index (χ0n) is 18.2. The van der Waals surface area contributed by atoms with E-state index in [0.29, 0.717) is 38.8 Å². The van der Waals surface area contributed by atoms with Crippen LogP contribution in [0, 0.1) is 11.3 Å². The molecule has 0 bridgehead atoms. The van der Waals surface area contributed by atoms with Crippen LogP contribution in [0.2, 0.25) is 0 Å². The molecule has 33 heavy (non-hydrogen) atoms. The van der Waals surface area contributed by atoms with Crippen molar-refractivity contribution in [3.63, 3.8) is 0 Å². The SMILES string of the molecule is COc1cccc(OCc2nnc(SCCC(=O)Nc3sc4c(c3C#N)CCCC4)n2N)c1. The van der Waals surface area contributed by atoms with Gasteiger partial charge in [-0.2, -0.15) is 5.26 Å². The summed E-state index contributed by atoms with van der Waals surface area (Å²) >= 11 is 2.87. The Labute approximate surface area is 199 Å². The van der Waals surface area contributed by atoms with E-state index in [-0.39, 0.29) is 18.9 Å². The molecule has 172 valence electrons. The molecule has 4 rings (SSSR count). The number of carbonyl (C=O) groups is 1. The molecule has 0 saturated carbocycles. The summed E-state index contributed by atoms with van der Waals surface area (Å²) in [7, 11) is 1.59. The second-order valence-corrected chi connectivity index (χ2v) is 9.58. The van der Waals surface area contributed by atoms with Gasteiger partial charge in [0.1, 0.15) is 29.2 Å². The molecule has 2 heterocycles. The predicted molar refractivity (Wildman–Crippen MR) is 127 cm³/mol. The van der Waals surface area contributed by atoms with E-state index in [1.807, 2.05) is 18.2 Å². The number of nitriles is 1. The number of fused-ring (bicyclic) bond motifs is 1. The van der Waals surface area contributed by atoms with Crippen molar-refractivity contribution in [2.45, 2.75) is 43.9 Å². The smallest absolute Gasteiger partial charge is 0.225 e. The third-order valence-electron chi connectivity index (χ3n) is 5.24. The molecular formula is C22H24N6O3S2. The van der Waals surface area contributed by atoms with E-state index < -0.39 is 0 Å². The van der Waals surface area contributed by atoms with Gasteiger partial charge in [-0.25, -0.2) is 4.68 Å². The Hall–Kier alpha value is -3.23. The number of rotatable bonds is 9. The summed E-state index contributed by atoms with van der Waals surface area (Å²) in [5, 5.41) is 21.8. The summed E-state index contributed by atoms with van der Waals surface area (Å²) in [6.45, 7) is 0.150. The minimum Gasteiger partial charge on any atom is -0.497 e. The van der Waals surface area contributed by atoms with Gasteiger partial charge < -0.3 is 20.6 Å². The van der Waals surface area contributed by atoms with Crippen LogP contribution in [0.1, 0.15) is 41.1 Å². The van der Waals surface area contributed by atoms with Crippen LogP contribution in [-0.4, -0.2) is 33.6 Å². The fourth-order valence-corrected chi connectivity index (χ4v) is 5.61. The highest BCUT2D eigenvalue weighted by Gasteiger charge is 2.22.